The van der Waals surface area contributed by atoms with Crippen molar-refractivity contribution in [2.24, 2.45) is 0 Å². The number of carbonyl (C=O) groups excluding carboxylic acids is 1. The molecule has 0 atom stereocenters. The summed E-state index contributed by atoms with van der Waals surface area (Å²) in [6.07, 6.45) is -0.838. The van der Waals surface area contributed by atoms with Crippen molar-refractivity contribution in [3.05, 3.63) is 60.7 Å². The van der Waals surface area contributed by atoms with E-state index in [1.165, 1.54) is 7.11 Å². The summed E-state index contributed by atoms with van der Waals surface area (Å²) in [7, 11) is 3.07. The van der Waals surface area contributed by atoms with Crippen LogP contribution in [0.15, 0.2) is 60.7 Å². The van der Waals surface area contributed by atoms with Crippen LogP contribution in [0.25, 0.3) is 10.8 Å². The fraction of sp³-hybridized carbons (Fsp3) is 0.105. The van der Waals surface area contributed by atoms with E-state index >= 15 is 0 Å². The maximum Gasteiger partial charge on any atom is 0.519 e. The molecular weight excluding hydrogens is 308 g/mol. The van der Waals surface area contributed by atoms with Crippen LogP contribution in [0.5, 0.6) is 23.0 Å². The minimum Gasteiger partial charge on any atom is -0.496 e. The Morgan fingerprint density at radius 3 is 2.04 bits per heavy atom. The van der Waals surface area contributed by atoms with Crippen LogP contribution in [0.1, 0.15) is 0 Å². The molecule has 0 N–H and O–H groups in total. The Bertz CT molecular complexity index is 858. The van der Waals surface area contributed by atoms with Gasteiger partial charge in [-0.25, -0.2) is 4.79 Å². The number of carbonyl (C=O) groups is 1. The zero-order valence-electron chi connectivity index (χ0n) is 13.3. The first-order valence-corrected chi connectivity index (χ1v) is 7.31. The number of ether oxygens (including phenoxy) is 4. The summed E-state index contributed by atoms with van der Waals surface area (Å²) in [5.74, 6) is 1.70. The first-order chi connectivity index (χ1) is 11.7. The van der Waals surface area contributed by atoms with Gasteiger partial charge in [-0.3, -0.25) is 0 Å². The monoisotopic (exact) mass is 324 g/mol. The van der Waals surface area contributed by atoms with Gasteiger partial charge in [0.1, 0.15) is 11.5 Å². The molecule has 0 radical (unpaired) electrons. The highest BCUT2D eigenvalue weighted by Crippen LogP contribution is 2.41. The predicted molar refractivity (Wildman–Crippen MR) is 90.1 cm³/mol. The van der Waals surface area contributed by atoms with E-state index in [2.05, 4.69) is 0 Å². The standard InChI is InChI=1S/C19H16O5/c1-21-16-12-17(22-2)18(15-11-7-6-10-14(15)16)24-19(20)23-13-8-4-3-5-9-13/h3-12H,1-2H3. The van der Waals surface area contributed by atoms with E-state index in [1.54, 1.807) is 37.4 Å². The van der Waals surface area contributed by atoms with Gasteiger partial charge in [-0.15, -0.1) is 0 Å². The van der Waals surface area contributed by atoms with Gasteiger partial charge >= 0.3 is 6.16 Å². The molecule has 3 aromatic carbocycles. The average molecular weight is 324 g/mol. The Morgan fingerprint density at radius 2 is 1.38 bits per heavy atom. The minimum absolute atomic E-state index is 0.287. The van der Waals surface area contributed by atoms with Crippen molar-refractivity contribution in [2.45, 2.75) is 0 Å². The quantitative estimate of drug-likeness (QED) is 0.525. The number of methoxy groups -OCH3 is 2. The van der Waals surface area contributed by atoms with Crippen molar-refractivity contribution in [3.8, 4) is 23.0 Å². The number of para-hydroxylation sites is 1. The molecule has 5 nitrogen and oxygen atoms in total. The molecule has 3 aromatic rings. The third-order valence-corrected chi connectivity index (χ3v) is 3.49. The number of benzene rings is 3. The van der Waals surface area contributed by atoms with Crippen LogP contribution in [-0.2, 0) is 0 Å². The smallest absolute Gasteiger partial charge is 0.496 e. The molecule has 5 heteroatoms. The van der Waals surface area contributed by atoms with Crippen LogP contribution in [0.4, 0.5) is 4.79 Å². The lowest BCUT2D eigenvalue weighted by Crippen LogP contribution is -2.14. The highest BCUT2D eigenvalue weighted by molar-refractivity contribution is 5.96. The van der Waals surface area contributed by atoms with Crippen LogP contribution in [-0.4, -0.2) is 20.4 Å². The summed E-state index contributed by atoms with van der Waals surface area (Å²) in [5, 5.41) is 1.50. The van der Waals surface area contributed by atoms with Gasteiger partial charge < -0.3 is 18.9 Å². The SMILES string of the molecule is COc1cc(OC)c2ccccc2c1OC(=O)Oc1ccccc1. The van der Waals surface area contributed by atoms with E-state index < -0.39 is 6.16 Å². The average Bonchev–Trinajstić information content (AvgIpc) is 2.62. The Kier molecular flexibility index (Phi) is 4.52. The second-order valence-electron chi connectivity index (χ2n) is 4.92. The number of hydrogen-bond donors (Lipinski definition) is 0. The van der Waals surface area contributed by atoms with Crippen LogP contribution in [0, 0.1) is 0 Å². The fourth-order valence-corrected chi connectivity index (χ4v) is 2.41. The third-order valence-electron chi connectivity index (χ3n) is 3.49. The fourth-order valence-electron chi connectivity index (χ4n) is 2.41. The van der Waals surface area contributed by atoms with Crippen molar-refractivity contribution in [1.82, 2.24) is 0 Å². The molecule has 3 rings (SSSR count). The Morgan fingerprint density at radius 1 is 0.750 bits per heavy atom. The van der Waals surface area contributed by atoms with Crippen LogP contribution >= 0.6 is 0 Å². The lowest BCUT2D eigenvalue weighted by Gasteiger charge is -2.14. The van der Waals surface area contributed by atoms with Gasteiger partial charge in [0.15, 0.2) is 11.5 Å². The van der Waals surface area contributed by atoms with E-state index in [4.69, 9.17) is 18.9 Å². The van der Waals surface area contributed by atoms with Gasteiger partial charge in [-0.05, 0) is 12.1 Å². The summed E-state index contributed by atoms with van der Waals surface area (Å²) in [4.78, 5) is 12.1. The zero-order valence-corrected chi connectivity index (χ0v) is 13.3. The highest BCUT2D eigenvalue weighted by Gasteiger charge is 2.18. The normalized spacial score (nSPS) is 10.2. The summed E-state index contributed by atoms with van der Waals surface area (Å²) in [6, 6.07) is 17.8. The van der Waals surface area contributed by atoms with Gasteiger partial charge in [0.05, 0.1) is 14.2 Å². The summed E-state index contributed by atoms with van der Waals surface area (Å²) in [5.41, 5.74) is 0. The minimum atomic E-state index is -0.838. The van der Waals surface area contributed by atoms with E-state index in [0.29, 0.717) is 22.6 Å². The van der Waals surface area contributed by atoms with E-state index in [-0.39, 0.29) is 5.75 Å². The molecule has 0 aliphatic heterocycles. The van der Waals surface area contributed by atoms with Gasteiger partial charge in [-0.1, -0.05) is 42.5 Å². The lowest BCUT2D eigenvalue weighted by atomic mass is 10.1. The molecule has 0 fully saturated rings. The Labute approximate surface area is 139 Å². The first-order valence-electron chi connectivity index (χ1n) is 7.31. The first kappa shape index (κ1) is 15.7. The maximum atomic E-state index is 12.1. The zero-order chi connectivity index (χ0) is 16.9. The summed E-state index contributed by atoms with van der Waals surface area (Å²) < 4.78 is 21.3. The molecule has 0 amide bonds. The van der Waals surface area contributed by atoms with Gasteiger partial charge in [-0.2, -0.15) is 0 Å². The molecular formula is C19H16O5. The van der Waals surface area contributed by atoms with E-state index in [9.17, 15) is 4.79 Å². The Hall–Kier alpha value is -3.21. The molecule has 0 spiro atoms. The molecule has 0 saturated heterocycles. The van der Waals surface area contributed by atoms with Crippen molar-refractivity contribution in [1.29, 1.82) is 0 Å². The molecule has 0 unspecified atom stereocenters. The maximum absolute atomic E-state index is 12.1. The van der Waals surface area contributed by atoms with Crippen molar-refractivity contribution in [2.75, 3.05) is 14.2 Å². The second-order valence-corrected chi connectivity index (χ2v) is 4.92. The summed E-state index contributed by atoms with van der Waals surface area (Å²) in [6.45, 7) is 0. The molecule has 0 bridgehead atoms. The second kappa shape index (κ2) is 6.91. The van der Waals surface area contributed by atoms with Crippen LogP contribution in [0.2, 0.25) is 0 Å². The molecule has 0 saturated carbocycles. The van der Waals surface area contributed by atoms with Crippen molar-refractivity contribution >= 4 is 16.9 Å². The highest BCUT2D eigenvalue weighted by atomic mass is 16.7. The lowest BCUT2D eigenvalue weighted by molar-refractivity contribution is 0.151. The van der Waals surface area contributed by atoms with Gasteiger partial charge in [0.25, 0.3) is 0 Å². The third kappa shape index (κ3) is 3.10. The summed E-state index contributed by atoms with van der Waals surface area (Å²) >= 11 is 0. The molecule has 0 heterocycles. The topological polar surface area (TPSA) is 54.0 Å². The predicted octanol–water partition coefficient (Wildman–Crippen LogP) is 4.43. The van der Waals surface area contributed by atoms with Crippen LogP contribution in [0.3, 0.4) is 0 Å². The van der Waals surface area contributed by atoms with Crippen molar-refractivity contribution in [3.63, 3.8) is 0 Å². The van der Waals surface area contributed by atoms with E-state index in [0.717, 1.165) is 5.39 Å². The molecule has 0 aromatic heterocycles. The largest absolute Gasteiger partial charge is 0.519 e. The molecule has 24 heavy (non-hydrogen) atoms. The number of hydrogen-bond acceptors (Lipinski definition) is 5. The Balaban J connectivity index is 1.97. The molecule has 0 aliphatic rings. The number of rotatable bonds is 4. The molecule has 122 valence electrons. The van der Waals surface area contributed by atoms with Gasteiger partial charge in [0.2, 0.25) is 0 Å². The van der Waals surface area contributed by atoms with Crippen molar-refractivity contribution < 1.29 is 23.7 Å². The van der Waals surface area contributed by atoms with Gasteiger partial charge in [0, 0.05) is 16.8 Å². The van der Waals surface area contributed by atoms with E-state index in [1.807, 2.05) is 30.3 Å². The van der Waals surface area contributed by atoms with Crippen LogP contribution < -0.4 is 18.9 Å². The number of fused-ring (bicyclic) bond motifs is 1. The molecule has 0 aliphatic carbocycles.